The third kappa shape index (κ3) is 4.70. The van der Waals surface area contributed by atoms with Gasteiger partial charge in [-0.25, -0.2) is 9.37 Å². The lowest BCUT2D eigenvalue weighted by Crippen LogP contribution is -2.14. The van der Waals surface area contributed by atoms with Crippen LogP contribution in [0.4, 0.5) is 10.1 Å². The number of benzene rings is 2. The van der Waals surface area contributed by atoms with Gasteiger partial charge in [0.25, 0.3) is 0 Å². The van der Waals surface area contributed by atoms with Gasteiger partial charge in [0.15, 0.2) is 0 Å². The van der Waals surface area contributed by atoms with Gasteiger partial charge in [0.1, 0.15) is 10.8 Å². The number of halogens is 1. The molecule has 29 heavy (non-hydrogen) atoms. The van der Waals surface area contributed by atoms with E-state index in [0.29, 0.717) is 22.0 Å². The number of anilines is 1. The van der Waals surface area contributed by atoms with Crippen LogP contribution in [-0.4, -0.2) is 21.6 Å². The fourth-order valence-electron chi connectivity index (χ4n) is 2.74. The van der Waals surface area contributed by atoms with E-state index in [-0.39, 0.29) is 17.5 Å². The zero-order valence-electron chi connectivity index (χ0n) is 15.2. The van der Waals surface area contributed by atoms with E-state index in [2.05, 4.69) is 15.3 Å². The van der Waals surface area contributed by atoms with Crippen molar-refractivity contribution in [2.24, 2.45) is 0 Å². The van der Waals surface area contributed by atoms with Crippen LogP contribution in [0.25, 0.3) is 21.8 Å². The smallest absolute Gasteiger partial charge is 0.234 e. The van der Waals surface area contributed by atoms with Gasteiger partial charge in [-0.15, -0.1) is 23.1 Å². The standard InChI is InChI=1S/C22H16FN3OS2/c23-18-7-3-1-5-16(18)22-26-20(13-29-22)17-6-2-4-8-19(17)25-21(27)14-28-15-9-11-24-12-10-15/h1-13H,14H2,(H,25,27). The van der Waals surface area contributed by atoms with Crippen molar-refractivity contribution in [2.75, 3.05) is 11.1 Å². The van der Waals surface area contributed by atoms with Crippen molar-refractivity contribution < 1.29 is 9.18 Å². The first-order valence-electron chi connectivity index (χ1n) is 8.83. The predicted octanol–water partition coefficient (Wildman–Crippen LogP) is 5.74. The average molecular weight is 422 g/mol. The minimum Gasteiger partial charge on any atom is -0.325 e. The summed E-state index contributed by atoms with van der Waals surface area (Å²) in [5.41, 5.74) is 2.65. The van der Waals surface area contributed by atoms with Crippen molar-refractivity contribution in [3.8, 4) is 21.8 Å². The predicted molar refractivity (Wildman–Crippen MR) is 117 cm³/mol. The van der Waals surface area contributed by atoms with Gasteiger partial charge in [0.05, 0.1) is 17.1 Å². The van der Waals surface area contributed by atoms with Crippen LogP contribution in [0.5, 0.6) is 0 Å². The van der Waals surface area contributed by atoms with Gasteiger partial charge < -0.3 is 5.32 Å². The first-order valence-corrected chi connectivity index (χ1v) is 10.7. The van der Waals surface area contributed by atoms with Gasteiger partial charge in [-0.3, -0.25) is 9.78 Å². The van der Waals surface area contributed by atoms with E-state index < -0.39 is 0 Å². The van der Waals surface area contributed by atoms with Gasteiger partial charge in [-0.1, -0.05) is 30.3 Å². The highest BCUT2D eigenvalue weighted by Crippen LogP contribution is 2.33. The van der Waals surface area contributed by atoms with E-state index in [9.17, 15) is 9.18 Å². The Morgan fingerprint density at radius 2 is 1.72 bits per heavy atom. The maximum atomic E-state index is 14.1. The van der Waals surface area contributed by atoms with Gasteiger partial charge in [0, 0.05) is 33.8 Å². The minimum absolute atomic E-state index is 0.108. The van der Waals surface area contributed by atoms with E-state index in [1.165, 1.54) is 29.2 Å². The van der Waals surface area contributed by atoms with Crippen LogP contribution < -0.4 is 5.32 Å². The molecule has 4 rings (SSSR count). The summed E-state index contributed by atoms with van der Waals surface area (Å²) in [5.74, 6) is -0.123. The Morgan fingerprint density at radius 1 is 1.00 bits per heavy atom. The highest BCUT2D eigenvalue weighted by atomic mass is 32.2. The summed E-state index contributed by atoms with van der Waals surface area (Å²) in [6, 6.07) is 17.8. The maximum absolute atomic E-state index is 14.1. The zero-order chi connectivity index (χ0) is 20.1. The highest BCUT2D eigenvalue weighted by Gasteiger charge is 2.14. The van der Waals surface area contributed by atoms with Crippen molar-refractivity contribution in [3.63, 3.8) is 0 Å². The molecule has 0 fully saturated rings. The zero-order valence-corrected chi connectivity index (χ0v) is 16.8. The minimum atomic E-state index is -0.303. The van der Waals surface area contributed by atoms with Crippen LogP contribution in [0.2, 0.25) is 0 Å². The van der Waals surface area contributed by atoms with E-state index in [1.807, 2.05) is 41.8 Å². The molecule has 0 unspecified atom stereocenters. The number of aromatic nitrogens is 2. The third-order valence-electron chi connectivity index (χ3n) is 4.11. The number of hydrogen-bond acceptors (Lipinski definition) is 5. The van der Waals surface area contributed by atoms with Crippen molar-refractivity contribution in [3.05, 3.63) is 84.3 Å². The molecule has 0 saturated carbocycles. The van der Waals surface area contributed by atoms with Gasteiger partial charge in [0.2, 0.25) is 5.91 Å². The molecule has 0 aliphatic carbocycles. The number of amides is 1. The second-order valence-electron chi connectivity index (χ2n) is 6.08. The number of nitrogens with one attached hydrogen (secondary N) is 1. The quantitative estimate of drug-likeness (QED) is 0.403. The third-order valence-corrected chi connectivity index (χ3v) is 5.99. The van der Waals surface area contributed by atoms with Crippen LogP contribution in [0.3, 0.4) is 0 Å². The molecule has 0 bridgehead atoms. The Labute approximate surface area is 175 Å². The van der Waals surface area contributed by atoms with E-state index in [0.717, 1.165) is 10.5 Å². The molecule has 0 aliphatic rings. The summed E-state index contributed by atoms with van der Waals surface area (Å²) < 4.78 is 14.1. The highest BCUT2D eigenvalue weighted by molar-refractivity contribution is 8.00. The number of rotatable bonds is 6. The lowest BCUT2D eigenvalue weighted by Gasteiger charge is -2.09. The first-order chi connectivity index (χ1) is 14.2. The van der Waals surface area contributed by atoms with Crippen LogP contribution in [0.1, 0.15) is 0 Å². The van der Waals surface area contributed by atoms with Crippen LogP contribution in [0.15, 0.2) is 83.3 Å². The molecule has 144 valence electrons. The number of para-hydroxylation sites is 1. The first kappa shape index (κ1) is 19.3. The molecule has 1 amide bonds. The summed E-state index contributed by atoms with van der Waals surface area (Å²) in [6.07, 6.45) is 3.40. The Morgan fingerprint density at radius 3 is 2.52 bits per heavy atom. The average Bonchev–Trinajstić information content (AvgIpc) is 3.23. The normalized spacial score (nSPS) is 10.7. The molecule has 4 nitrogen and oxygen atoms in total. The van der Waals surface area contributed by atoms with E-state index in [4.69, 9.17) is 0 Å². The number of thiazole rings is 1. The monoisotopic (exact) mass is 421 g/mol. The van der Waals surface area contributed by atoms with Crippen molar-refractivity contribution in [1.82, 2.24) is 9.97 Å². The second-order valence-corrected chi connectivity index (χ2v) is 7.99. The Balaban J connectivity index is 1.52. The lowest BCUT2D eigenvalue weighted by molar-refractivity contribution is -0.113. The van der Waals surface area contributed by atoms with Gasteiger partial charge in [-0.05, 0) is 30.3 Å². The van der Waals surface area contributed by atoms with Crippen molar-refractivity contribution in [1.29, 1.82) is 0 Å². The van der Waals surface area contributed by atoms with Crippen LogP contribution in [0, 0.1) is 5.82 Å². The summed E-state index contributed by atoms with van der Waals surface area (Å²) in [6.45, 7) is 0. The molecule has 0 spiro atoms. The summed E-state index contributed by atoms with van der Waals surface area (Å²) in [7, 11) is 0. The molecule has 2 aromatic heterocycles. The summed E-state index contributed by atoms with van der Waals surface area (Å²) >= 11 is 2.82. The Kier molecular flexibility index (Phi) is 5.97. The molecule has 0 atom stereocenters. The molecule has 0 aliphatic heterocycles. The number of thioether (sulfide) groups is 1. The Hall–Kier alpha value is -3.03. The lowest BCUT2D eigenvalue weighted by atomic mass is 10.1. The largest absolute Gasteiger partial charge is 0.325 e. The number of carbonyl (C=O) groups excluding carboxylic acids is 1. The van der Waals surface area contributed by atoms with Gasteiger partial charge in [-0.2, -0.15) is 0 Å². The number of carbonyl (C=O) groups is 1. The summed E-state index contributed by atoms with van der Waals surface area (Å²) in [5, 5.41) is 5.43. The van der Waals surface area contributed by atoms with Crippen LogP contribution in [-0.2, 0) is 4.79 Å². The van der Waals surface area contributed by atoms with Gasteiger partial charge >= 0.3 is 0 Å². The molecular formula is C22H16FN3OS2. The number of pyridine rings is 1. The second kappa shape index (κ2) is 8.98. The molecular weight excluding hydrogens is 405 g/mol. The molecule has 0 saturated heterocycles. The summed E-state index contributed by atoms with van der Waals surface area (Å²) in [4.78, 5) is 22.0. The molecule has 4 aromatic rings. The molecule has 2 aromatic carbocycles. The number of nitrogens with zero attached hydrogens (tertiary/aromatic N) is 2. The van der Waals surface area contributed by atoms with E-state index in [1.54, 1.807) is 30.6 Å². The fourth-order valence-corrected chi connectivity index (χ4v) is 4.27. The number of hydrogen-bond donors (Lipinski definition) is 1. The van der Waals surface area contributed by atoms with Crippen LogP contribution >= 0.6 is 23.1 Å². The fraction of sp³-hybridized carbons (Fsp3) is 0.0455. The SMILES string of the molecule is O=C(CSc1ccncc1)Nc1ccccc1-c1csc(-c2ccccc2F)n1. The van der Waals surface area contributed by atoms with Crippen molar-refractivity contribution >= 4 is 34.7 Å². The maximum Gasteiger partial charge on any atom is 0.234 e. The van der Waals surface area contributed by atoms with Crippen molar-refractivity contribution in [2.45, 2.75) is 4.90 Å². The topological polar surface area (TPSA) is 54.9 Å². The molecule has 2 heterocycles. The molecule has 7 heteroatoms. The molecule has 1 N–H and O–H groups in total. The Bertz CT molecular complexity index is 1130. The van der Waals surface area contributed by atoms with E-state index >= 15 is 0 Å². The molecule has 0 radical (unpaired) electrons.